The molecule has 0 amide bonds. The monoisotopic (exact) mass is 654 g/mol. The number of hydrogen-bond acceptors (Lipinski definition) is 14. The van der Waals surface area contributed by atoms with Gasteiger partial charge in [-0.3, -0.25) is 14.5 Å². The van der Waals surface area contributed by atoms with Crippen molar-refractivity contribution in [2.75, 3.05) is 41.1 Å². The zero-order valence-corrected chi connectivity index (χ0v) is 26.5. The van der Waals surface area contributed by atoms with Crippen LogP contribution in [0.25, 0.3) is 0 Å². The molecule has 252 valence electrons. The number of fused-ring (bicyclic) bond motifs is 6. The lowest BCUT2D eigenvalue weighted by Crippen LogP contribution is -2.55. The molecule has 3 aliphatic heterocycles. The number of carbonyl (C=O) groups is 2. The molecule has 1 unspecified atom stereocenters. The lowest BCUT2D eigenvalue weighted by Gasteiger charge is -2.44. The van der Waals surface area contributed by atoms with Gasteiger partial charge in [-0.15, -0.1) is 0 Å². The van der Waals surface area contributed by atoms with Crippen molar-refractivity contribution in [3.05, 3.63) is 51.6 Å². The van der Waals surface area contributed by atoms with Crippen molar-refractivity contribution in [3.8, 4) is 17.2 Å². The molecule has 3 saturated heterocycles. The van der Waals surface area contributed by atoms with Crippen LogP contribution < -0.4 is 4.74 Å². The highest BCUT2D eigenvalue weighted by atomic mass is 16.7. The highest BCUT2D eigenvalue weighted by Crippen LogP contribution is 2.53. The number of phenolic OH excluding ortho intramolecular Hbond substituents is 2. The number of aliphatic hydroxyl groups is 1. The van der Waals surface area contributed by atoms with Crippen molar-refractivity contribution in [2.45, 2.75) is 74.9 Å². The molecule has 0 radical (unpaired) electrons. The third-order valence-electron chi connectivity index (χ3n) is 10.0. The van der Waals surface area contributed by atoms with Gasteiger partial charge in [-0.25, -0.2) is 0 Å². The summed E-state index contributed by atoms with van der Waals surface area (Å²) in [4.78, 5) is 29.9. The van der Waals surface area contributed by atoms with Crippen molar-refractivity contribution in [2.24, 2.45) is 0 Å². The summed E-state index contributed by atoms with van der Waals surface area (Å²) in [6.07, 6.45) is -3.97. The largest absolute Gasteiger partial charge is 0.507 e. The summed E-state index contributed by atoms with van der Waals surface area (Å²) in [5.41, 5.74) is -2.80. The summed E-state index contributed by atoms with van der Waals surface area (Å²) >= 11 is 0. The van der Waals surface area contributed by atoms with Crippen LogP contribution in [0, 0.1) is 5.41 Å². The molecule has 2 aromatic carbocycles. The maximum absolute atomic E-state index is 14.0. The number of hydrogen-bond donors (Lipinski definition) is 4. The number of methoxy groups -OCH3 is 3. The number of morpholine rings is 1. The van der Waals surface area contributed by atoms with Gasteiger partial charge in [0.15, 0.2) is 24.6 Å². The van der Waals surface area contributed by atoms with E-state index < -0.39 is 59.7 Å². The molecule has 14 nitrogen and oxygen atoms in total. The maximum Gasteiger partial charge on any atom is 0.202 e. The van der Waals surface area contributed by atoms with Gasteiger partial charge in [0.25, 0.3) is 0 Å². The molecule has 0 bridgehead atoms. The average Bonchev–Trinajstić information content (AvgIpc) is 3.44. The van der Waals surface area contributed by atoms with Crippen molar-refractivity contribution < 1.29 is 58.1 Å². The van der Waals surface area contributed by atoms with Gasteiger partial charge in [0.1, 0.15) is 29.0 Å². The minimum Gasteiger partial charge on any atom is -0.507 e. The summed E-state index contributed by atoms with van der Waals surface area (Å²) in [6.45, 7) is 2.71. The Morgan fingerprint density at radius 2 is 1.85 bits per heavy atom. The number of benzene rings is 2. The van der Waals surface area contributed by atoms with Gasteiger partial charge >= 0.3 is 0 Å². The van der Waals surface area contributed by atoms with E-state index in [2.05, 4.69) is 4.90 Å². The second-order valence-corrected chi connectivity index (χ2v) is 12.6. The highest BCUT2D eigenvalue weighted by Gasteiger charge is 2.55. The summed E-state index contributed by atoms with van der Waals surface area (Å²) in [5, 5.41) is 44.0. The van der Waals surface area contributed by atoms with Crippen LogP contribution >= 0.6 is 0 Å². The third kappa shape index (κ3) is 4.89. The van der Waals surface area contributed by atoms with Crippen LogP contribution in [0.4, 0.5) is 0 Å². The number of nitrogens with one attached hydrogen (secondary N) is 1. The summed E-state index contributed by atoms with van der Waals surface area (Å²) < 4.78 is 40.8. The molecule has 7 rings (SSSR count). The number of carbonyl (C=O) groups excluding carboxylic acids is 2. The molecule has 5 aliphatic rings. The summed E-state index contributed by atoms with van der Waals surface area (Å²) in [5.74, 6) is -2.35. The molecule has 47 heavy (non-hydrogen) atoms. The molecule has 0 saturated carbocycles. The number of rotatable bonds is 7. The maximum atomic E-state index is 14.0. The van der Waals surface area contributed by atoms with Crippen LogP contribution in [0.15, 0.2) is 18.2 Å². The van der Waals surface area contributed by atoms with Crippen LogP contribution in [0.1, 0.15) is 68.8 Å². The van der Waals surface area contributed by atoms with Gasteiger partial charge in [-0.05, 0) is 13.0 Å². The first-order valence-electron chi connectivity index (χ1n) is 15.6. The predicted octanol–water partition coefficient (Wildman–Crippen LogP) is 1.82. The van der Waals surface area contributed by atoms with E-state index in [-0.39, 0.29) is 76.4 Å². The molecule has 0 aromatic heterocycles. The van der Waals surface area contributed by atoms with E-state index >= 15 is 0 Å². The summed E-state index contributed by atoms with van der Waals surface area (Å²) in [6, 6.07) is 4.41. The van der Waals surface area contributed by atoms with Gasteiger partial charge in [-0.2, -0.15) is 0 Å². The molecule has 3 heterocycles. The van der Waals surface area contributed by atoms with Gasteiger partial charge in [0, 0.05) is 62.8 Å². The van der Waals surface area contributed by atoms with Crippen LogP contribution in [0.5, 0.6) is 17.2 Å². The fourth-order valence-electron chi connectivity index (χ4n) is 7.84. The number of aromatic hydroxyl groups is 2. The van der Waals surface area contributed by atoms with Crippen LogP contribution in [0.2, 0.25) is 0 Å². The third-order valence-corrected chi connectivity index (χ3v) is 10.0. The number of nitrogens with zero attached hydrogens (tertiary/aromatic N) is 1. The minimum absolute atomic E-state index is 0.00420. The Morgan fingerprint density at radius 1 is 1.09 bits per heavy atom. The number of phenols is 2. The first-order chi connectivity index (χ1) is 22.5. The van der Waals surface area contributed by atoms with E-state index in [4.69, 9.17) is 38.6 Å². The van der Waals surface area contributed by atoms with Crippen molar-refractivity contribution in [1.29, 1.82) is 5.41 Å². The predicted molar refractivity (Wildman–Crippen MR) is 161 cm³/mol. The zero-order valence-electron chi connectivity index (χ0n) is 26.5. The molecule has 8 atom stereocenters. The molecule has 4 N–H and O–H groups in total. The average molecular weight is 655 g/mol. The highest BCUT2D eigenvalue weighted by molar-refractivity contribution is 6.31. The molecule has 2 aromatic rings. The van der Waals surface area contributed by atoms with Crippen molar-refractivity contribution in [1.82, 2.24) is 4.90 Å². The number of ketones is 2. The fraction of sp³-hybridized carbons (Fsp3) is 0.545. The minimum atomic E-state index is -1.88. The van der Waals surface area contributed by atoms with E-state index in [9.17, 15) is 24.9 Å². The Morgan fingerprint density at radius 3 is 2.57 bits per heavy atom. The fourth-order valence-corrected chi connectivity index (χ4v) is 7.84. The lowest BCUT2D eigenvalue weighted by atomic mass is 9.71. The van der Waals surface area contributed by atoms with Gasteiger partial charge in [-0.1, -0.05) is 12.1 Å². The molecular weight excluding hydrogens is 616 g/mol. The van der Waals surface area contributed by atoms with Crippen molar-refractivity contribution >= 4 is 17.3 Å². The second-order valence-electron chi connectivity index (χ2n) is 12.6. The first kappa shape index (κ1) is 32.1. The van der Waals surface area contributed by atoms with Gasteiger partial charge in [0.2, 0.25) is 5.78 Å². The van der Waals surface area contributed by atoms with Gasteiger partial charge < -0.3 is 53.9 Å². The Kier molecular flexibility index (Phi) is 8.12. The Bertz CT molecular complexity index is 1650. The Hall–Kier alpha value is -3.47. The summed E-state index contributed by atoms with van der Waals surface area (Å²) in [7, 11) is 4.32. The Labute approximate surface area is 270 Å². The second kappa shape index (κ2) is 11.9. The molecule has 14 heteroatoms. The van der Waals surface area contributed by atoms with E-state index in [1.807, 2.05) is 6.92 Å². The molecule has 3 fully saturated rings. The van der Waals surface area contributed by atoms with E-state index in [0.717, 1.165) is 0 Å². The first-order valence-corrected chi connectivity index (χ1v) is 15.6. The molecule has 2 aliphatic carbocycles. The molecular formula is C33H38N2O12. The van der Waals surface area contributed by atoms with Crippen LogP contribution in [-0.4, -0.2) is 121 Å². The van der Waals surface area contributed by atoms with Crippen LogP contribution in [0.3, 0.4) is 0 Å². The lowest BCUT2D eigenvalue weighted by molar-refractivity contribution is -0.255. The van der Waals surface area contributed by atoms with Crippen molar-refractivity contribution in [3.63, 3.8) is 0 Å². The molecule has 0 spiro atoms. The normalized spacial score (nSPS) is 33.0. The van der Waals surface area contributed by atoms with E-state index in [0.29, 0.717) is 19.6 Å². The number of ether oxygens (including phenoxy) is 7. The Balaban J connectivity index is 1.30. The topological polar surface area (TPSA) is 187 Å². The van der Waals surface area contributed by atoms with E-state index in [1.54, 1.807) is 13.2 Å². The van der Waals surface area contributed by atoms with Crippen LogP contribution in [-0.2, 0) is 34.8 Å². The SMILES string of the molecule is COCC(=N)[C@]1(O)Cc2c(O)c3c(c(O)c2[C@@H](OC2C[C@H]4[C@H](O[C@@H]5[C@@H](OC)OCCN54)[C@H](C)O2)C1)C(=O)c1c(OC)cccc1C3=O. The van der Waals surface area contributed by atoms with Gasteiger partial charge in [0.05, 0.1) is 54.9 Å². The quantitative estimate of drug-likeness (QED) is 0.214. The smallest absolute Gasteiger partial charge is 0.202 e. The van der Waals surface area contributed by atoms with E-state index in [1.165, 1.54) is 26.4 Å². The standard InChI is InChI=1S/C33H38N2O12/c1-14-30-17(35-8-9-44-32(43-4)31(35)47-30)10-21(45-14)46-19-12-33(40,20(34)13-41-2)11-16-23(19)29(39)25-24(27(16)37)26(36)15-6-5-7-18(42-3)22(15)28(25)38/h5-7,14,17,19,21,30-32,34,37,39-40H,8-13H2,1-4H3/t14-,17-,19-,21?,30+,31+,32-,33-/m0/s1. The zero-order chi connectivity index (χ0) is 33.4.